The van der Waals surface area contributed by atoms with Gasteiger partial charge in [-0.2, -0.15) is 0 Å². The molecule has 2 rings (SSSR count). The lowest BCUT2D eigenvalue weighted by Gasteiger charge is -2.25. The summed E-state index contributed by atoms with van der Waals surface area (Å²) in [4.78, 5) is 0. The van der Waals surface area contributed by atoms with Gasteiger partial charge in [-0.1, -0.05) is 38.1 Å². The van der Waals surface area contributed by atoms with Crippen LogP contribution in [0.4, 0.5) is 0 Å². The predicted octanol–water partition coefficient (Wildman–Crippen LogP) is 3.86. The molecule has 2 heteroatoms. The van der Waals surface area contributed by atoms with Crippen molar-refractivity contribution in [1.82, 2.24) is 5.32 Å². The van der Waals surface area contributed by atoms with Gasteiger partial charge in [0.1, 0.15) is 0 Å². The Morgan fingerprint density at radius 3 is 2.79 bits per heavy atom. The molecule has 1 saturated heterocycles. The quantitative estimate of drug-likeness (QED) is 0.839. The van der Waals surface area contributed by atoms with Gasteiger partial charge in [-0.15, -0.1) is 0 Å². The van der Waals surface area contributed by atoms with Gasteiger partial charge in [0.05, 0.1) is 18.2 Å². The van der Waals surface area contributed by atoms with E-state index in [-0.39, 0.29) is 0 Å². The minimum atomic E-state index is 0.327. The number of hydrogen-bond donors (Lipinski definition) is 1. The van der Waals surface area contributed by atoms with Gasteiger partial charge in [0.25, 0.3) is 0 Å². The second-order valence-electron chi connectivity index (χ2n) is 5.59. The van der Waals surface area contributed by atoms with Crippen molar-refractivity contribution in [2.45, 2.75) is 64.7 Å². The Hall–Kier alpha value is -0.860. The summed E-state index contributed by atoms with van der Waals surface area (Å²) in [5.41, 5.74) is 2.79. The van der Waals surface area contributed by atoms with Crippen molar-refractivity contribution in [1.29, 1.82) is 0 Å². The molecule has 0 bridgehead atoms. The first-order valence-electron chi connectivity index (χ1n) is 7.72. The van der Waals surface area contributed by atoms with E-state index >= 15 is 0 Å². The lowest BCUT2D eigenvalue weighted by Crippen LogP contribution is -2.32. The molecule has 0 radical (unpaired) electrons. The van der Waals surface area contributed by atoms with Crippen molar-refractivity contribution >= 4 is 0 Å². The maximum atomic E-state index is 6.09. The van der Waals surface area contributed by atoms with Crippen LogP contribution in [0, 0.1) is 0 Å². The Morgan fingerprint density at radius 2 is 2.16 bits per heavy atom. The van der Waals surface area contributed by atoms with Crippen molar-refractivity contribution in [2.24, 2.45) is 0 Å². The lowest BCUT2D eigenvalue weighted by molar-refractivity contribution is 0.0316. The minimum Gasteiger partial charge on any atom is -0.373 e. The van der Waals surface area contributed by atoms with Gasteiger partial charge in [-0.25, -0.2) is 0 Å². The number of hydrogen-bond acceptors (Lipinski definition) is 2. The zero-order valence-electron chi connectivity index (χ0n) is 12.5. The van der Waals surface area contributed by atoms with Gasteiger partial charge < -0.3 is 10.1 Å². The third-order valence-electron chi connectivity index (χ3n) is 3.97. The Labute approximate surface area is 117 Å². The highest BCUT2D eigenvalue weighted by Crippen LogP contribution is 2.30. The van der Waals surface area contributed by atoms with Crippen LogP contribution in [0.15, 0.2) is 24.3 Å². The fraction of sp³-hybridized carbons (Fsp3) is 0.647. The van der Waals surface area contributed by atoms with Crippen molar-refractivity contribution in [2.75, 3.05) is 6.54 Å². The molecule has 3 unspecified atom stereocenters. The molecule has 19 heavy (non-hydrogen) atoms. The zero-order chi connectivity index (χ0) is 13.7. The summed E-state index contributed by atoms with van der Waals surface area (Å²) in [5, 5.41) is 3.67. The first kappa shape index (κ1) is 14.5. The van der Waals surface area contributed by atoms with Crippen LogP contribution in [-0.2, 0) is 11.2 Å². The molecule has 0 amide bonds. The van der Waals surface area contributed by atoms with E-state index in [1.165, 1.54) is 24.0 Å². The molecule has 1 aliphatic rings. The summed E-state index contributed by atoms with van der Waals surface area (Å²) < 4.78 is 6.09. The molecule has 1 heterocycles. The van der Waals surface area contributed by atoms with Crippen LogP contribution in [0.5, 0.6) is 0 Å². The van der Waals surface area contributed by atoms with E-state index in [2.05, 4.69) is 50.4 Å². The molecule has 0 spiro atoms. The SMILES string of the molecule is CCCNC(c1cccc(CC)c1)C1CCC(C)O1. The summed E-state index contributed by atoms with van der Waals surface area (Å²) in [6, 6.07) is 9.29. The van der Waals surface area contributed by atoms with Crippen LogP contribution >= 0.6 is 0 Å². The van der Waals surface area contributed by atoms with Gasteiger partial charge >= 0.3 is 0 Å². The molecule has 1 aliphatic heterocycles. The normalized spacial score (nSPS) is 24.6. The number of nitrogens with one attached hydrogen (secondary N) is 1. The highest BCUT2D eigenvalue weighted by Gasteiger charge is 2.30. The van der Waals surface area contributed by atoms with Crippen LogP contribution in [0.3, 0.4) is 0 Å². The molecule has 1 aromatic rings. The van der Waals surface area contributed by atoms with Gasteiger partial charge in [0, 0.05) is 0 Å². The Bertz CT molecular complexity index is 391. The molecule has 1 fully saturated rings. The van der Waals surface area contributed by atoms with Gasteiger partial charge in [0.15, 0.2) is 0 Å². The number of ether oxygens (including phenoxy) is 1. The molecule has 1 N–H and O–H groups in total. The Kier molecular flexibility index (Phi) is 5.41. The van der Waals surface area contributed by atoms with Gasteiger partial charge in [-0.3, -0.25) is 0 Å². The molecule has 3 atom stereocenters. The fourth-order valence-electron chi connectivity index (χ4n) is 2.85. The number of aryl methyl sites for hydroxylation is 1. The standard InChI is InChI=1S/C17H27NO/c1-4-11-18-17(16-10-9-13(3)19-16)15-8-6-7-14(5-2)12-15/h6-8,12-13,16-18H,4-5,9-11H2,1-3H3. The van der Waals surface area contributed by atoms with E-state index in [9.17, 15) is 0 Å². The Morgan fingerprint density at radius 1 is 1.32 bits per heavy atom. The second-order valence-corrected chi connectivity index (χ2v) is 5.59. The molecule has 0 saturated carbocycles. The number of rotatable bonds is 6. The van der Waals surface area contributed by atoms with E-state index in [1.54, 1.807) is 0 Å². The predicted molar refractivity (Wildman–Crippen MR) is 80.4 cm³/mol. The molecule has 0 aromatic heterocycles. The zero-order valence-corrected chi connectivity index (χ0v) is 12.5. The Balaban J connectivity index is 2.15. The van der Waals surface area contributed by atoms with E-state index in [1.807, 2.05) is 0 Å². The number of benzene rings is 1. The second kappa shape index (κ2) is 7.06. The van der Waals surface area contributed by atoms with Crippen LogP contribution in [0.25, 0.3) is 0 Å². The largest absolute Gasteiger partial charge is 0.373 e. The third-order valence-corrected chi connectivity index (χ3v) is 3.97. The maximum Gasteiger partial charge on any atom is 0.0774 e. The van der Waals surface area contributed by atoms with E-state index in [0.29, 0.717) is 18.2 Å². The van der Waals surface area contributed by atoms with Gasteiger partial charge in [0.2, 0.25) is 0 Å². The summed E-state index contributed by atoms with van der Waals surface area (Å²) in [7, 11) is 0. The van der Waals surface area contributed by atoms with E-state index in [0.717, 1.165) is 19.4 Å². The van der Waals surface area contributed by atoms with Crippen LogP contribution < -0.4 is 5.32 Å². The van der Waals surface area contributed by atoms with Crippen LogP contribution in [0.1, 0.15) is 57.2 Å². The van der Waals surface area contributed by atoms with Crippen LogP contribution in [-0.4, -0.2) is 18.8 Å². The smallest absolute Gasteiger partial charge is 0.0774 e. The average Bonchev–Trinajstić information content (AvgIpc) is 2.86. The lowest BCUT2D eigenvalue weighted by atomic mass is 9.96. The van der Waals surface area contributed by atoms with Gasteiger partial charge in [-0.05, 0) is 50.3 Å². The molecular weight excluding hydrogens is 234 g/mol. The third kappa shape index (κ3) is 3.80. The van der Waals surface area contributed by atoms with Crippen molar-refractivity contribution in [3.8, 4) is 0 Å². The monoisotopic (exact) mass is 261 g/mol. The summed E-state index contributed by atoms with van der Waals surface area (Å²) >= 11 is 0. The molecule has 2 nitrogen and oxygen atoms in total. The van der Waals surface area contributed by atoms with Crippen LogP contribution in [0.2, 0.25) is 0 Å². The highest BCUT2D eigenvalue weighted by atomic mass is 16.5. The van der Waals surface area contributed by atoms with Crippen molar-refractivity contribution in [3.05, 3.63) is 35.4 Å². The van der Waals surface area contributed by atoms with Crippen molar-refractivity contribution in [3.63, 3.8) is 0 Å². The molecular formula is C17H27NO. The van der Waals surface area contributed by atoms with E-state index < -0.39 is 0 Å². The van der Waals surface area contributed by atoms with Crippen molar-refractivity contribution < 1.29 is 4.74 Å². The summed E-state index contributed by atoms with van der Waals surface area (Å²) in [5.74, 6) is 0. The maximum absolute atomic E-state index is 6.09. The average molecular weight is 261 g/mol. The molecule has 106 valence electrons. The fourth-order valence-corrected chi connectivity index (χ4v) is 2.85. The topological polar surface area (TPSA) is 21.3 Å². The first-order chi connectivity index (χ1) is 9.24. The summed E-state index contributed by atoms with van der Waals surface area (Å²) in [6.07, 6.45) is 5.34. The minimum absolute atomic E-state index is 0.327. The molecule has 1 aromatic carbocycles. The molecule has 0 aliphatic carbocycles. The first-order valence-corrected chi connectivity index (χ1v) is 7.72. The summed E-state index contributed by atoms with van der Waals surface area (Å²) in [6.45, 7) is 7.65. The van der Waals surface area contributed by atoms with E-state index in [4.69, 9.17) is 4.74 Å². The highest BCUT2D eigenvalue weighted by molar-refractivity contribution is 5.27.